The first kappa shape index (κ1) is 42.5. The molecule has 274 valence electrons. The molecule has 0 unspecified atom stereocenters. The van der Waals surface area contributed by atoms with Crippen molar-refractivity contribution in [2.24, 2.45) is 0 Å². The van der Waals surface area contributed by atoms with Crippen LogP contribution < -0.4 is 0 Å². The number of likely N-dealkylation sites (N-methyl/N-ethyl adjacent to an activating group) is 1. The summed E-state index contributed by atoms with van der Waals surface area (Å²) >= 11 is 3.48. The van der Waals surface area contributed by atoms with E-state index >= 15 is 0 Å². The third-order valence-corrected chi connectivity index (χ3v) is 9.67. The molecule has 7 aromatic rings. The number of fused-ring (bicyclic) bond motifs is 3. The summed E-state index contributed by atoms with van der Waals surface area (Å²) in [6.07, 6.45) is 0.714. The number of phenolic OH excluding ortho intramolecular Hbond substituents is 2. The van der Waals surface area contributed by atoms with Crippen molar-refractivity contribution >= 4 is 37.7 Å². The first-order valence-electron chi connectivity index (χ1n) is 17.9. The molecule has 0 spiro atoms. The Morgan fingerprint density at radius 3 is 1.57 bits per heavy atom. The van der Waals surface area contributed by atoms with Crippen LogP contribution >= 0.6 is 15.9 Å². The van der Waals surface area contributed by atoms with Crippen molar-refractivity contribution < 1.29 is 36.1 Å². The van der Waals surface area contributed by atoms with Gasteiger partial charge in [0.1, 0.15) is 11.5 Å². The molecule has 0 saturated carbocycles. The number of benzene rings is 6. The molecule has 7 heteroatoms. The quantitative estimate of drug-likeness (QED) is 0.112. The summed E-state index contributed by atoms with van der Waals surface area (Å²) < 4.78 is 2.91. The van der Waals surface area contributed by atoms with Crippen molar-refractivity contribution in [1.82, 2.24) is 14.4 Å². The second-order valence-corrected chi connectivity index (χ2v) is 14.6. The summed E-state index contributed by atoms with van der Waals surface area (Å²) in [5, 5.41) is 24.7. The Bertz CT molecular complexity index is 2150. The number of nitrogens with zero attached hydrogens (tertiary/aromatic N) is 3. The van der Waals surface area contributed by atoms with Gasteiger partial charge >= 0.3 is 25.8 Å². The Hall–Kier alpha value is -4.27. The van der Waals surface area contributed by atoms with Gasteiger partial charge in [0.05, 0.1) is 21.2 Å². The SMILES string of the molecule is Cc1cc(Br)c(O)c(CCN(CCN(C)C)Cc2cc(C)cc(-n3c4ccccc4c4ccccc43)c2O)c1.[CH2-]c1ccccc1.[CH2-]c1ccccc1.[Hf+4]. The Morgan fingerprint density at radius 2 is 1.07 bits per heavy atom. The van der Waals surface area contributed by atoms with Gasteiger partial charge in [0.2, 0.25) is 0 Å². The first-order valence-corrected chi connectivity index (χ1v) is 18.7. The predicted octanol–water partition coefficient (Wildman–Crippen LogP) is 10.9. The molecular formula is C47H50BrHfN3O2+2. The minimum Gasteiger partial charge on any atom is -0.506 e. The zero-order valence-corrected chi connectivity index (χ0v) is 36.9. The fourth-order valence-corrected chi connectivity index (χ4v) is 7.01. The van der Waals surface area contributed by atoms with Gasteiger partial charge in [0.15, 0.2) is 0 Å². The number of rotatable bonds is 9. The van der Waals surface area contributed by atoms with Crippen LogP contribution in [0.3, 0.4) is 0 Å². The van der Waals surface area contributed by atoms with E-state index in [0.29, 0.717) is 24.5 Å². The molecule has 0 bridgehead atoms. The number of hydrogen-bond acceptors (Lipinski definition) is 4. The average molecular weight is 947 g/mol. The van der Waals surface area contributed by atoms with E-state index in [1.165, 1.54) is 10.8 Å². The third-order valence-electron chi connectivity index (χ3n) is 9.06. The Balaban J connectivity index is 0.000000361. The average Bonchev–Trinajstić information content (AvgIpc) is 3.48. The van der Waals surface area contributed by atoms with E-state index in [2.05, 4.69) is 120 Å². The Kier molecular flexibility index (Phi) is 16.1. The number of aromatic hydroxyl groups is 2. The largest absolute Gasteiger partial charge is 4.00 e. The van der Waals surface area contributed by atoms with Crippen LogP contribution in [0, 0.1) is 27.7 Å². The second kappa shape index (κ2) is 20.4. The van der Waals surface area contributed by atoms with Gasteiger partial charge in [-0.15, -0.1) is 24.3 Å². The summed E-state index contributed by atoms with van der Waals surface area (Å²) in [7, 11) is 4.15. The number of phenols is 2. The van der Waals surface area contributed by atoms with Crippen LogP contribution in [0.5, 0.6) is 11.5 Å². The zero-order chi connectivity index (χ0) is 37.9. The van der Waals surface area contributed by atoms with Crippen molar-refractivity contribution in [3.05, 3.63) is 185 Å². The molecule has 0 radical (unpaired) electrons. The summed E-state index contributed by atoms with van der Waals surface area (Å²) in [5.74, 6) is 0.614. The molecule has 0 aliphatic rings. The van der Waals surface area contributed by atoms with Crippen LogP contribution in [-0.2, 0) is 38.8 Å². The van der Waals surface area contributed by atoms with E-state index < -0.39 is 0 Å². The van der Waals surface area contributed by atoms with Crippen molar-refractivity contribution in [1.29, 1.82) is 0 Å². The number of para-hydroxylation sites is 2. The normalized spacial score (nSPS) is 10.8. The standard InChI is InChI=1S/C33H36BrN3O2.2C7H7.Hf/c1-22-17-24(32(38)28(34)19-22)13-14-36(16-15-35(3)4)21-25-18-23(2)20-31(33(25)39)37-29-11-7-5-9-26(29)27-10-6-8-12-30(27)37;2*1-7-5-3-2-4-6-7;/h5-12,17-20,38-39H,13-16,21H2,1-4H3;2*2-6H,1H2;/q;2*-1;+4. The van der Waals surface area contributed by atoms with E-state index in [1.807, 2.05) is 85.8 Å². The Morgan fingerprint density at radius 1 is 0.593 bits per heavy atom. The molecule has 7 rings (SSSR count). The van der Waals surface area contributed by atoms with Gasteiger partial charge in [-0.05, 0) is 91.2 Å². The van der Waals surface area contributed by atoms with E-state index in [0.717, 1.165) is 74.2 Å². The minimum absolute atomic E-state index is 0. The summed E-state index contributed by atoms with van der Waals surface area (Å²) in [4.78, 5) is 4.53. The van der Waals surface area contributed by atoms with Crippen molar-refractivity contribution in [2.75, 3.05) is 33.7 Å². The second-order valence-electron chi connectivity index (χ2n) is 13.7. The Labute approximate surface area is 348 Å². The van der Waals surface area contributed by atoms with Crippen LogP contribution in [0.15, 0.2) is 138 Å². The van der Waals surface area contributed by atoms with Crippen LogP contribution in [0.25, 0.3) is 27.5 Å². The van der Waals surface area contributed by atoms with Gasteiger partial charge in [-0.25, -0.2) is 0 Å². The molecule has 0 amide bonds. The van der Waals surface area contributed by atoms with Crippen LogP contribution in [0.4, 0.5) is 0 Å². The van der Waals surface area contributed by atoms with E-state index in [4.69, 9.17) is 0 Å². The number of halogens is 1. The minimum atomic E-state index is 0. The molecular weight excluding hydrogens is 897 g/mol. The van der Waals surface area contributed by atoms with Gasteiger partial charge < -0.3 is 19.7 Å². The molecule has 0 fully saturated rings. The van der Waals surface area contributed by atoms with Crippen LogP contribution in [0.1, 0.15) is 33.4 Å². The fourth-order valence-electron chi connectivity index (χ4n) is 6.39. The number of hydrogen-bond donors (Lipinski definition) is 2. The van der Waals surface area contributed by atoms with Crippen molar-refractivity contribution in [3.63, 3.8) is 0 Å². The molecule has 0 atom stereocenters. The smallest absolute Gasteiger partial charge is 0.506 e. The molecule has 54 heavy (non-hydrogen) atoms. The summed E-state index contributed by atoms with van der Waals surface area (Å²) in [6, 6.07) is 44.6. The molecule has 0 aliphatic carbocycles. The predicted molar refractivity (Wildman–Crippen MR) is 227 cm³/mol. The monoisotopic (exact) mass is 947 g/mol. The van der Waals surface area contributed by atoms with Gasteiger partial charge in [-0.3, -0.25) is 4.90 Å². The third kappa shape index (κ3) is 11.4. The maximum absolute atomic E-state index is 11.7. The van der Waals surface area contributed by atoms with Gasteiger partial charge in [-0.2, -0.15) is 49.2 Å². The van der Waals surface area contributed by atoms with Gasteiger partial charge in [0.25, 0.3) is 0 Å². The van der Waals surface area contributed by atoms with Crippen molar-refractivity contribution in [2.45, 2.75) is 26.8 Å². The molecule has 0 aliphatic heterocycles. The fraction of sp³-hybridized carbons (Fsp3) is 0.191. The molecule has 0 saturated heterocycles. The van der Waals surface area contributed by atoms with E-state index in [-0.39, 0.29) is 25.8 Å². The maximum atomic E-state index is 11.7. The summed E-state index contributed by atoms with van der Waals surface area (Å²) in [6.45, 7) is 14.7. The van der Waals surface area contributed by atoms with Gasteiger partial charge in [-0.1, -0.05) is 60.7 Å². The summed E-state index contributed by atoms with van der Waals surface area (Å²) in [5.41, 5.74) is 9.15. The van der Waals surface area contributed by atoms with Crippen LogP contribution in [0.2, 0.25) is 0 Å². The molecule has 6 aromatic carbocycles. The zero-order valence-electron chi connectivity index (χ0n) is 31.8. The topological polar surface area (TPSA) is 51.9 Å². The molecule has 5 nitrogen and oxygen atoms in total. The van der Waals surface area contributed by atoms with Gasteiger partial charge in [0, 0.05) is 42.5 Å². The van der Waals surface area contributed by atoms with Crippen LogP contribution in [-0.4, -0.2) is 58.3 Å². The first-order chi connectivity index (χ1) is 25.5. The molecule has 1 aromatic heterocycles. The van der Waals surface area contributed by atoms with E-state index in [9.17, 15) is 10.2 Å². The van der Waals surface area contributed by atoms with Crippen molar-refractivity contribution in [3.8, 4) is 17.2 Å². The number of aromatic nitrogens is 1. The number of aryl methyl sites for hydroxylation is 2. The molecule has 1 heterocycles. The molecule has 2 N–H and O–H groups in total. The maximum Gasteiger partial charge on any atom is 4.00 e. The van der Waals surface area contributed by atoms with E-state index in [1.54, 1.807) is 0 Å².